The van der Waals surface area contributed by atoms with Crippen molar-refractivity contribution in [3.05, 3.63) is 24.0 Å². The highest BCUT2D eigenvalue weighted by Gasteiger charge is 2.50. The molecule has 1 spiro atoms. The van der Waals surface area contributed by atoms with Crippen LogP contribution >= 0.6 is 0 Å². The molecule has 1 amide bonds. The van der Waals surface area contributed by atoms with Crippen molar-refractivity contribution >= 4 is 21.6 Å². The lowest BCUT2D eigenvalue weighted by Gasteiger charge is -2.40. The third kappa shape index (κ3) is 3.12. The second-order valence-electron chi connectivity index (χ2n) is 6.01. The van der Waals surface area contributed by atoms with Gasteiger partial charge >= 0.3 is 11.6 Å². The predicted molar refractivity (Wildman–Crippen MR) is 78.3 cm³/mol. The number of hydrogen-bond acceptors (Lipinski definition) is 5. The molecule has 2 fully saturated rings. The van der Waals surface area contributed by atoms with Crippen LogP contribution in [0.1, 0.15) is 12.8 Å². The Morgan fingerprint density at radius 1 is 1.28 bits per heavy atom. The molecule has 1 aromatic carbocycles. The summed E-state index contributed by atoms with van der Waals surface area (Å²) in [6, 6.07) is 2.25. The summed E-state index contributed by atoms with van der Waals surface area (Å²) in [5.41, 5.74) is -6.76. The van der Waals surface area contributed by atoms with Gasteiger partial charge < -0.3 is 15.0 Å². The number of halogens is 4. The van der Waals surface area contributed by atoms with Crippen molar-refractivity contribution < 1.29 is 35.5 Å². The van der Waals surface area contributed by atoms with Gasteiger partial charge in [0.15, 0.2) is 0 Å². The highest BCUT2D eigenvalue weighted by atomic mass is 32.2. The smallest absolute Gasteiger partial charge is 0.439 e. The molecule has 138 valence electrons. The van der Waals surface area contributed by atoms with Gasteiger partial charge in [0.1, 0.15) is 16.3 Å². The molecule has 0 aromatic heterocycles. The quantitative estimate of drug-likeness (QED) is 0.794. The molecule has 11 heteroatoms. The summed E-state index contributed by atoms with van der Waals surface area (Å²) in [5.74, 6) is -1.09. The summed E-state index contributed by atoms with van der Waals surface area (Å²) in [5, 5.41) is 2.48. The van der Waals surface area contributed by atoms with Crippen LogP contribution in [-0.4, -0.2) is 45.3 Å². The van der Waals surface area contributed by atoms with E-state index in [9.17, 15) is 30.8 Å². The summed E-state index contributed by atoms with van der Waals surface area (Å²) in [7, 11) is -5.73. The zero-order chi connectivity index (χ0) is 18.5. The predicted octanol–water partition coefficient (Wildman–Crippen LogP) is 2.20. The van der Waals surface area contributed by atoms with Crippen LogP contribution in [0.25, 0.3) is 0 Å². The van der Waals surface area contributed by atoms with Gasteiger partial charge in [-0.1, -0.05) is 0 Å². The second-order valence-corrected chi connectivity index (χ2v) is 7.92. The number of piperidine rings is 1. The van der Waals surface area contributed by atoms with E-state index in [0.717, 1.165) is 12.1 Å². The molecular weight excluding hydrogens is 368 g/mol. The lowest BCUT2D eigenvalue weighted by atomic mass is 9.92. The fourth-order valence-electron chi connectivity index (χ4n) is 3.12. The lowest BCUT2D eigenvalue weighted by Crippen LogP contribution is -2.51. The fraction of sp³-hybridized carbons (Fsp3) is 0.500. The van der Waals surface area contributed by atoms with Crippen molar-refractivity contribution in [2.75, 3.05) is 24.5 Å². The van der Waals surface area contributed by atoms with Gasteiger partial charge in [-0.05, 0) is 31.0 Å². The zero-order valence-electron chi connectivity index (χ0n) is 12.8. The number of sulfone groups is 1. The molecular formula is C14H14F4N2O4S. The fourth-order valence-corrected chi connectivity index (χ4v) is 4.11. The number of nitrogens with one attached hydrogen (secondary N) is 1. The number of alkyl halides is 3. The maximum Gasteiger partial charge on any atom is 0.501 e. The first kappa shape index (κ1) is 17.8. The Hall–Kier alpha value is -2.04. The van der Waals surface area contributed by atoms with E-state index in [1.54, 1.807) is 0 Å². The maximum atomic E-state index is 13.4. The zero-order valence-corrected chi connectivity index (χ0v) is 13.6. The van der Waals surface area contributed by atoms with E-state index in [1.807, 2.05) is 0 Å². The van der Waals surface area contributed by atoms with Crippen molar-refractivity contribution in [1.82, 2.24) is 5.32 Å². The molecule has 0 saturated carbocycles. The number of alkyl carbamates (subject to hydrolysis) is 1. The molecule has 1 atom stereocenters. The first-order valence-corrected chi connectivity index (χ1v) is 8.85. The first-order chi connectivity index (χ1) is 11.5. The van der Waals surface area contributed by atoms with Crippen LogP contribution in [0.2, 0.25) is 0 Å². The summed E-state index contributed by atoms with van der Waals surface area (Å²) in [4.78, 5) is 11.5. The summed E-state index contributed by atoms with van der Waals surface area (Å²) in [6.07, 6.45) is 0.326. The van der Waals surface area contributed by atoms with Gasteiger partial charge in [-0.3, -0.25) is 0 Å². The number of anilines is 1. The first-order valence-electron chi connectivity index (χ1n) is 7.37. The molecule has 6 nitrogen and oxygen atoms in total. The van der Waals surface area contributed by atoms with Crippen LogP contribution in [0.3, 0.4) is 0 Å². The van der Waals surface area contributed by atoms with E-state index >= 15 is 0 Å². The minimum absolute atomic E-state index is 0.0117. The highest BCUT2D eigenvalue weighted by molar-refractivity contribution is 7.92. The van der Waals surface area contributed by atoms with E-state index in [-0.39, 0.29) is 25.3 Å². The van der Waals surface area contributed by atoms with Crippen molar-refractivity contribution in [3.63, 3.8) is 0 Å². The molecule has 0 aliphatic carbocycles. The lowest BCUT2D eigenvalue weighted by molar-refractivity contribution is -0.0435. The van der Waals surface area contributed by atoms with Gasteiger partial charge in [0.25, 0.3) is 9.84 Å². The maximum absolute atomic E-state index is 13.4. The van der Waals surface area contributed by atoms with E-state index < -0.39 is 37.8 Å². The number of carbonyl (C=O) groups excluding carboxylic acids is 1. The van der Waals surface area contributed by atoms with Crippen molar-refractivity contribution in [2.24, 2.45) is 0 Å². The van der Waals surface area contributed by atoms with Crippen LogP contribution < -0.4 is 10.2 Å². The van der Waals surface area contributed by atoms with E-state index in [1.165, 1.54) is 4.90 Å². The molecule has 2 aliphatic rings. The average Bonchev–Trinajstić information content (AvgIpc) is 2.86. The minimum atomic E-state index is -5.73. The van der Waals surface area contributed by atoms with Gasteiger partial charge in [-0.2, -0.15) is 13.2 Å². The SMILES string of the molecule is O=C1NCC2(CCCN(c3ccc(F)cc3S(=O)(=O)C(F)(F)F)C2)O1. The second kappa shape index (κ2) is 5.75. The average molecular weight is 382 g/mol. The Morgan fingerprint density at radius 3 is 2.60 bits per heavy atom. The van der Waals surface area contributed by atoms with Gasteiger partial charge in [-0.15, -0.1) is 0 Å². The monoisotopic (exact) mass is 382 g/mol. The Kier molecular flexibility index (Phi) is 4.09. The van der Waals surface area contributed by atoms with Crippen LogP contribution in [0, 0.1) is 5.82 Å². The Morgan fingerprint density at radius 2 is 2.00 bits per heavy atom. The van der Waals surface area contributed by atoms with Crippen molar-refractivity contribution in [2.45, 2.75) is 28.8 Å². The third-order valence-corrected chi connectivity index (χ3v) is 5.78. The molecule has 0 radical (unpaired) electrons. The molecule has 1 unspecified atom stereocenters. The van der Waals surface area contributed by atoms with Gasteiger partial charge in [-0.25, -0.2) is 17.6 Å². The van der Waals surface area contributed by atoms with Crippen LogP contribution in [0.5, 0.6) is 0 Å². The number of rotatable bonds is 2. The highest BCUT2D eigenvalue weighted by Crippen LogP contribution is 2.39. The normalized spacial score (nSPS) is 24.3. The van der Waals surface area contributed by atoms with Gasteiger partial charge in [0.2, 0.25) is 0 Å². The van der Waals surface area contributed by atoms with Gasteiger partial charge in [0.05, 0.1) is 18.8 Å². The largest absolute Gasteiger partial charge is 0.501 e. The molecule has 3 rings (SSSR count). The molecule has 25 heavy (non-hydrogen) atoms. The van der Waals surface area contributed by atoms with E-state index in [4.69, 9.17) is 4.74 Å². The van der Waals surface area contributed by atoms with Gasteiger partial charge in [0, 0.05) is 6.54 Å². The third-order valence-electron chi connectivity index (χ3n) is 4.26. The Bertz CT molecular complexity index is 812. The summed E-state index contributed by atoms with van der Waals surface area (Å²) < 4.78 is 81.1. The molecule has 2 aliphatic heterocycles. The summed E-state index contributed by atoms with van der Waals surface area (Å²) >= 11 is 0. The number of benzene rings is 1. The topological polar surface area (TPSA) is 75.7 Å². The van der Waals surface area contributed by atoms with E-state index in [0.29, 0.717) is 18.9 Å². The van der Waals surface area contributed by atoms with Crippen molar-refractivity contribution in [1.29, 1.82) is 0 Å². The summed E-state index contributed by atoms with van der Waals surface area (Å²) in [6.45, 7) is 0.438. The molecule has 1 N–H and O–H groups in total. The number of ether oxygens (including phenoxy) is 1. The minimum Gasteiger partial charge on any atom is -0.439 e. The number of nitrogens with zero attached hydrogens (tertiary/aromatic N) is 1. The van der Waals surface area contributed by atoms with Crippen molar-refractivity contribution in [3.8, 4) is 0 Å². The van der Waals surface area contributed by atoms with Crippen LogP contribution in [-0.2, 0) is 14.6 Å². The Balaban J connectivity index is 2.02. The van der Waals surface area contributed by atoms with E-state index in [2.05, 4.69) is 5.32 Å². The molecule has 2 heterocycles. The van der Waals surface area contributed by atoms with Crippen LogP contribution in [0.4, 0.5) is 28.0 Å². The standard InChI is InChI=1S/C14H14F4N2O4S/c15-9-2-3-10(11(6-9)25(22,23)14(16,17)18)20-5-1-4-13(8-20)7-19-12(21)24-13/h2-3,6H,1,4-5,7-8H2,(H,19,21). The number of hydrogen-bond donors (Lipinski definition) is 1. The number of amides is 1. The molecule has 1 aromatic rings. The van der Waals surface area contributed by atoms with Crippen LogP contribution in [0.15, 0.2) is 23.1 Å². The Labute approximate surface area is 140 Å². The number of carbonyl (C=O) groups is 1. The molecule has 0 bridgehead atoms. The molecule has 2 saturated heterocycles.